The SMILES string of the molecule is c1ccn(-c2ccc3c(c2)CCN3)c1. The number of anilines is 1. The van der Waals surface area contributed by atoms with E-state index >= 15 is 0 Å². The van der Waals surface area contributed by atoms with Gasteiger partial charge in [0.25, 0.3) is 0 Å². The molecule has 2 heterocycles. The van der Waals surface area contributed by atoms with Crippen LogP contribution in [0.3, 0.4) is 0 Å². The minimum atomic E-state index is 1.07. The molecule has 70 valence electrons. The third-order valence-electron chi connectivity index (χ3n) is 2.70. The molecule has 0 fully saturated rings. The van der Waals surface area contributed by atoms with Gasteiger partial charge in [-0.2, -0.15) is 0 Å². The Morgan fingerprint density at radius 2 is 2.00 bits per heavy atom. The first-order valence-corrected chi connectivity index (χ1v) is 4.94. The van der Waals surface area contributed by atoms with Crippen molar-refractivity contribution in [3.63, 3.8) is 0 Å². The molecule has 0 unspecified atom stereocenters. The lowest BCUT2D eigenvalue weighted by atomic mass is 10.1. The molecule has 0 amide bonds. The van der Waals surface area contributed by atoms with Crippen molar-refractivity contribution in [1.29, 1.82) is 0 Å². The Kier molecular flexibility index (Phi) is 1.60. The maximum absolute atomic E-state index is 3.36. The monoisotopic (exact) mass is 184 g/mol. The summed E-state index contributed by atoms with van der Waals surface area (Å²) in [6.45, 7) is 1.07. The molecule has 14 heavy (non-hydrogen) atoms. The van der Waals surface area contributed by atoms with Gasteiger partial charge in [-0.25, -0.2) is 0 Å². The summed E-state index contributed by atoms with van der Waals surface area (Å²) in [5.41, 5.74) is 3.97. The second-order valence-corrected chi connectivity index (χ2v) is 3.61. The number of nitrogens with one attached hydrogen (secondary N) is 1. The highest BCUT2D eigenvalue weighted by molar-refractivity contribution is 5.59. The highest BCUT2D eigenvalue weighted by Crippen LogP contribution is 2.24. The molecule has 0 saturated carbocycles. The minimum Gasteiger partial charge on any atom is -0.384 e. The van der Waals surface area contributed by atoms with Gasteiger partial charge in [0.1, 0.15) is 0 Å². The molecule has 1 aromatic heterocycles. The number of aromatic nitrogens is 1. The summed E-state index contributed by atoms with van der Waals surface area (Å²) < 4.78 is 2.14. The normalized spacial score (nSPS) is 13.7. The summed E-state index contributed by atoms with van der Waals surface area (Å²) in [6.07, 6.45) is 5.29. The predicted molar refractivity (Wildman–Crippen MR) is 58.0 cm³/mol. The first-order valence-electron chi connectivity index (χ1n) is 4.94. The fourth-order valence-corrected chi connectivity index (χ4v) is 1.96. The van der Waals surface area contributed by atoms with Crippen LogP contribution in [0.1, 0.15) is 5.56 Å². The Morgan fingerprint density at radius 3 is 2.86 bits per heavy atom. The quantitative estimate of drug-likeness (QED) is 0.720. The Hall–Kier alpha value is -1.70. The second-order valence-electron chi connectivity index (χ2n) is 3.61. The lowest BCUT2D eigenvalue weighted by Crippen LogP contribution is -1.91. The van der Waals surface area contributed by atoms with Crippen LogP contribution >= 0.6 is 0 Å². The number of benzene rings is 1. The van der Waals surface area contributed by atoms with E-state index in [1.165, 1.54) is 16.9 Å². The standard InChI is InChI=1S/C12H12N2/c1-2-8-14(7-1)11-3-4-12-10(9-11)5-6-13-12/h1-4,7-9,13H,5-6H2. The molecule has 2 heteroatoms. The Bertz CT molecular complexity index is 443. The summed E-state index contributed by atoms with van der Waals surface area (Å²) in [6, 6.07) is 10.7. The largest absolute Gasteiger partial charge is 0.384 e. The van der Waals surface area contributed by atoms with Crippen LogP contribution < -0.4 is 5.32 Å². The molecule has 1 aromatic carbocycles. The topological polar surface area (TPSA) is 17.0 Å². The van der Waals surface area contributed by atoms with Crippen molar-refractivity contribution < 1.29 is 0 Å². The van der Waals surface area contributed by atoms with Crippen molar-refractivity contribution in [3.8, 4) is 5.69 Å². The molecule has 0 atom stereocenters. The second kappa shape index (κ2) is 2.91. The van der Waals surface area contributed by atoms with Crippen LogP contribution in [0.2, 0.25) is 0 Å². The van der Waals surface area contributed by atoms with Crippen molar-refractivity contribution in [2.45, 2.75) is 6.42 Å². The van der Waals surface area contributed by atoms with E-state index in [-0.39, 0.29) is 0 Å². The van der Waals surface area contributed by atoms with Gasteiger partial charge in [-0.05, 0) is 42.3 Å². The van der Waals surface area contributed by atoms with E-state index in [1.807, 2.05) is 12.1 Å². The van der Waals surface area contributed by atoms with Crippen LogP contribution in [0.15, 0.2) is 42.7 Å². The average Bonchev–Trinajstić information content (AvgIpc) is 2.88. The van der Waals surface area contributed by atoms with Crippen molar-refractivity contribution in [3.05, 3.63) is 48.3 Å². The van der Waals surface area contributed by atoms with Crippen LogP contribution in [0.4, 0.5) is 5.69 Å². The van der Waals surface area contributed by atoms with E-state index in [9.17, 15) is 0 Å². The molecule has 0 radical (unpaired) electrons. The van der Waals surface area contributed by atoms with Gasteiger partial charge in [-0.3, -0.25) is 0 Å². The third-order valence-corrected chi connectivity index (χ3v) is 2.70. The van der Waals surface area contributed by atoms with E-state index in [1.54, 1.807) is 0 Å². The number of nitrogens with zero attached hydrogens (tertiary/aromatic N) is 1. The van der Waals surface area contributed by atoms with E-state index in [2.05, 4.69) is 40.5 Å². The summed E-state index contributed by atoms with van der Waals surface area (Å²) in [4.78, 5) is 0. The first kappa shape index (κ1) is 7.68. The highest BCUT2D eigenvalue weighted by Gasteiger charge is 2.09. The van der Waals surface area contributed by atoms with Crippen molar-refractivity contribution >= 4 is 5.69 Å². The van der Waals surface area contributed by atoms with Gasteiger partial charge in [0.15, 0.2) is 0 Å². The number of hydrogen-bond donors (Lipinski definition) is 1. The van der Waals surface area contributed by atoms with Crippen LogP contribution in [0.5, 0.6) is 0 Å². The molecular weight excluding hydrogens is 172 g/mol. The Morgan fingerprint density at radius 1 is 1.14 bits per heavy atom. The zero-order chi connectivity index (χ0) is 9.38. The molecular formula is C12H12N2. The van der Waals surface area contributed by atoms with Gasteiger partial charge >= 0.3 is 0 Å². The summed E-state index contributed by atoms with van der Waals surface area (Å²) in [5, 5.41) is 3.36. The number of rotatable bonds is 1. The lowest BCUT2D eigenvalue weighted by Gasteiger charge is -2.05. The van der Waals surface area contributed by atoms with Crippen molar-refractivity contribution in [2.75, 3.05) is 11.9 Å². The van der Waals surface area contributed by atoms with Crippen molar-refractivity contribution in [1.82, 2.24) is 4.57 Å². The summed E-state index contributed by atoms with van der Waals surface area (Å²) in [5.74, 6) is 0. The van der Waals surface area contributed by atoms with Crippen molar-refractivity contribution in [2.24, 2.45) is 0 Å². The summed E-state index contributed by atoms with van der Waals surface area (Å²) in [7, 11) is 0. The van der Waals surface area contributed by atoms with Gasteiger partial charge in [0.05, 0.1) is 0 Å². The Labute approximate surface area is 83.2 Å². The van der Waals surface area contributed by atoms with Crippen LogP contribution in [0, 0.1) is 0 Å². The Balaban J connectivity index is 2.09. The minimum absolute atomic E-state index is 1.07. The third kappa shape index (κ3) is 1.11. The molecule has 2 nitrogen and oxygen atoms in total. The molecule has 3 rings (SSSR count). The number of fused-ring (bicyclic) bond motifs is 1. The maximum Gasteiger partial charge on any atom is 0.0453 e. The number of hydrogen-bond acceptors (Lipinski definition) is 1. The predicted octanol–water partition coefficient (Wildman–Crippen LogP) is 2.45. The first-order chi connectivity index (χ1) is 6.93. The fraction of sp³-hybridized carbons (Fsp3) is 0.167. The van der Waals surface area contributed by atoms with Crippen LogP contribution in [0.25, 0.3) is 5.69 Å². The van der Waals surface area contributed by atoms with E-state index in [0.29, 0.717) is 0 Å². The molecule has 0 aliphatic carbocycles. The van der Waals surface area contributed by atoms with Crippen LogP contribution in [-0.4, -0.2) is 11.1 Å². The smallest absolute Gasteiger partial charge is 0.0453 e. The molecule has 0 spiro atoms. The van der Waals surface area contributed by atoms with Gasteiger partial charge in [-0.1, -0.05) is 0 Å². The highest BCUT2D eigenvalue weighted by atomic mass is 14.9. The van der Waals surface area contributed by atoms with Gasteiger partial charge in [0.2, 0.25) is 0 Å². The summed E-state index contributed by atoms with van der Waals surface area (Å²) >= 11 is 0. The zero-order valence-corrected chi connectivity index (χ0v) is 7.90. The molecule has 2 aromatic rings. The molecule has 1 N–H and O–H groups in total. The molecule has 0 bridgehead atoms. The molecule has 1 aliphatic heterocycles. The van der Waals surface area contributed by atoms with E-state index in [0.717, 1.165) is 13.0 Å². The van der Waals surface area contributed by atoms with Gasteiger partial charge < -0.3 is 9.88 Å². The molecule has 0 saturated heterocycles. The van der Waals surface area contributed by atoms with Gasteiger partial charge in [-0.15, -0.1) is 0 Å². The van der Waals surface area contributed by atoms with E-state index in [4.69, 9.17) is 0 Å². The van der Waals surface area contributed by atoms with E-state index < -0.39 is 0 Å². The average molecular weight is 184 g/mol. The zero-order valence-electron chi connectivity index (χ0n) is 7.90. The molecule has 1 aliphatic rings. The maximum atomic E-state index is 3.36. The fourth-order valence-electron chi connectivity index (χ4n) is 1.96. The lowest BCUT2D eigenvalue weighted by molar-refractivity contribution is 1.06. The van der Waals surface area contributed by atoms with Crippen LogP contribution in [-0.2, 0) is 6.42 Å². The van der Waals surface area contributed by atoms with Gasteiger partial charge in [0, 0.05) is 30.3 Å².